The molecule has 0 saturated carbocycles. The predicted molar refractivity (Wildman–Crippen MR) is 101 cm³/mol. The zero-order chi connectivity index (χ0) is 14.8. The van der Waals surface area contributed by atoms with E-state index in [4.69, 9.17) is 0 Å². The van der Waals surface area contributed by atoms with E-state index in [1.54, 1.807) is 0 Å². The third kappa shape index (κ3) is 1.88. The van der Waals surface area contributed by atoms with Crippen molar-refractivity contribution in [3.63, 3.8) is 0 Å². The van der Waals surface area contributed by atoms with E-state index in [2.05, 4.69) is 62.4 Å². The van der Waals surface area contributed by atoms with Gasteiger partial charge in [0.25, 0.3) is 0 Å². The van der Waals surface area contributed by atoms with E-state index in [1.165, 1.54) is 50.6 Å². The number of hydrogen-bond donors (Lipinski definition) is 0. The molecule has 106 valence electrons. The second-order valence-corrected chi connectivity index (χ2v) is 10.0. The molecule has 0 aliphatic rings. The van der Waals surface area contributed by atoms with Crippen molar-refractivity contribution in [2.24, 2.45) is 0 Å². The van der Waals surface area contributed by atoms with E-state index in [-0.39, 0.29) is 0 Å². The Morgan fingerprint density at radius 3 is 2.09 bits per heavy atom. The van der Waals surface area contributed by atoms with E-state index in [1.807, 2.05) is 11.3 Å². The van der Waals surface area contributed by atoms with E-state index >= 15 is 0 Å². The van der Waals surface area contributed by atoms with Gasteiger partial charge in [0, 0.05) is 0 Å². The van der Waals surface area contributed by atoms with Gasteiger partial charge >= 0.3 is 139 Å². The van der Waals surface area contributed by atoms with Gasteiger partial charge in [0.2, 0.25) is 0 Å². The van der Waals surface area contributed by atoms with Crippen molar-refractivity contribution < 1.29 is 0 Å². The molecule has 2 heteroatoms. The van der Waals surface area contributed by atoms with Crippen LogP contribution in [-0.4, -0.2) is 14.5 Å². The summed E-state index contributed by atoms with van der Waals surface area (Å²) in [5.74, 6) is 0. The summed E-state index contributed by atoms with van der Waals surface area (Å²) in [6.45, 7) is 4.44. The fourth-order valence-electron chi connectivity index (χ4n) is 3.34. The van der Waals surface area contributed by atoms with Crippen LogP contribution in [0.4, 0.5) is 0 Å². The second kappa shape index (κ2) is 4.45. The van der Waals surface area contributed by atoms with Gasteiger partial charge in [0.1, 0.15) is 0 Å². The summed E-state index contributed by atoms with van der Waals surface area (Å²) in [6.07, 6.45) is 0. The van der Waals surface area contributed by atoms with Crippen LogP contribution in [0, 0.1) is 13.8 Å². The summed E-state index contributed by atoms with van der Waals surface area (Å²) in [4.78, 5) is 1.39. The quantitative estimate of drug-likeness (QED) is 0.232. The van der Waals surface area contributed by atoms with Gasteiger partial charge in [-0.2, -0.15) is 0 Å². The standard InChI is InChI=1S/C20H14SSe/c1-11-3-17-7-13-6-16-10-20-18(4-12(2)22-20)8-14(16)5-15(13)9-19(17)21-11/h3-10H,1-2H3. The molecule has 3 aromatic carbocycles. The number of aryl methyl sites for hydroxylation is 2. The van der Waals surface area contributed by atoms with Crippen LogP contribution in [0.5, 0.6) is 0 Å². The zero-order valence-electron chi connectivity index (χ0n) is 12.4. The van der Waals surface area contributed by atoms with Gasteiger partial charge in [-0.05, 0) is 0 Å². The molecule has 0 atom stereocenters. The topological polar surface area (TPSA) is 0 Å². The van der Waals surface area contributed by atoms with Crippen LogP contribution in [0.15, 0.2) is 48.5 Å². The van der Waals surface area contributed by atoms with E-state index in [0.717, 1.165) is 0 Å². The van der Waals surface area contributed by atoms with Crippen LogP contribution in [-0.2, 0) is 0 Å². The van der Waals surface area contributed by atoms with E-state index < -0.39 is 0 Å². The van der Waals surface area contributed by atoms with Crippen LogP contribution < -0.4 is 0 Å². The van der Waals surface area contributed by atoms with E-state index in [9.17, 15) is 0 Å². The third-order valence-electron chi connectivity index (χ3n) is 4.31. The maximum atomic E-state index is 2.40. The number of rotatable bonds is 0. The number of hydrogen-bond acceptors (Lipinski definition) is 1. The zero-order valence-corrected chi connectivity index (χ0v) is 15.0. The Bertz CT molecular complexity index is 1010. The molecule has 0 amide bonds. The van der Waals surface area contributed by atoms with Crippen LogP contribution in [0.3, 0.4) is 0 Å². The van der Waals surface area contributed by atoms with Gasteiger partial charge in [-0.15, -0.1) is 0 Å². The second-order valence-electron chi connectivity index (χ2n) is 6.04. The minimum absolute atomic E-state index is 0.521. The van der Waals surface area contributed by atoms with Crippen LogP contribution in [0.1, 0.15) is 9.31 Å². The molecule has 22 heavy (non-hydrogen) atoms. The summed E-state index contributed by atoms with van der Waals surface area (Å²) in [7, 11) is 0. The van der Waals surface area contributed by atoms with Crippen molar-refractivity contribution in [2.45, 2.75) is 13.8 Å². The number of benzene rings is 3. The Morgan fingerprint density at radius 1 is 0.636 bits per heavy atom. The molecular formula is C20H14SSe. The molecule has 0 aliphatic carbocycles. The molecular weight excluding hydrogens is 351 g/mol. The molecule has 2 heterocycles. The molecule has 0 spiro atoms. The fourth-order valence-corrected chi connectivity index (χ4v) is 6.30. The molecule has 0 nitrogen and oxygen atoms in total. The SMILES string of the molecule is Cc1cc2cc3cc4cc5[se]c(C)cc5cc4cc3cc2s1. The van der Waals surface area contributed by atoms with E-state index in [0.29, 0.717) is 14.5 Å². The summed E-state index contributed by atoms with van der Waals surface area (Å²) in [5, 5.41) is 8.25. The first kappa shape index (κ1) is 12.9. The molecule has 2 aromatic heterocycles. The minimum atomic E-state index is 0.521. The first-order chi connectivity index (χ1) is 10.7. The summed E-state index contributed by atoms with van der Waals surface area (Å²) in [6, 6.07) is 18.8. The van der Waals surface area contributed by atoms with Gasteiger partial charge in [-0.3, -0.25) is 0 Å². The Hall–Kier alpha value is -1.60. The van der Waals surface area contributed by atoms with Gasteiger partial charge < -0.3 is 0 Å². The Morgan fingerprint density at radius 2 is 1.27 bits per heavy atom. The Kier molecular flexibility index (Phi) is 2.61. The molecule has 0 fully saturated rings. The average Bonchev–Trinajstić information content (AvgIpc) is 2.99. The van der Waals surface area contributed by atoms with Gasteiger partial charge in [-0.1, -0.05) is 0 Å². The van der Waals surface area contributed by atoms with Crippen LogP contribution >= 0.6 is 11.3 Å². The number of fused-ring (bicyclic) bond motifs is 4. The predicted octanol–water partition coefficient (Wildman–Crippen LogP) is 6.03. The van der Waals surface area contributed by atoms with Crippen molar-refractivity contribution in [1.29, 1.82) is 0 Å². The van der Waals surface area contributed by atoms with Crippen LogP contribution in [0.25, 0.3) is 41.3 Å². The first-order valence-electron chi connectivity index (χ1n) is 7.44. The van der Waals surface area contributed by atoms with Crippen molar-refractivity contribution in [2.75, 3.05) is 0 Å². The van der Waals surface area contributed by atoms with Crippen molar-refractivity contribution in [1.82, 2.24) is 0 Å². The molecule has 0 N–H and O–H groups in total. The summed E-state index contributed by atoms with van der Waals surface area (Å²) >= 11 is 2.41. The third-order valence-corrected chi connectivity index (χ3v) is 7.45. The normalized spacial score (nSPS) is 12.1. The van der Waals surface area contributed by atoms with Gasteiger partial charge in [0.05, 0.1) is 0 Å². The number of thiophene rings is 1. The fraction of sp³-hybridized carbons (Fsp3) is 0.100. The van der Waals surface area contributed by atoms with Crippen molar-refractivity contribution >= 4 is 67.1 Å². The first-order valence-corrected chi connectivity index (χ1v) is 9.96. The van der Waals surface area contributed by atoms with Crippen LogP contribution in [0.2, 0.25) is 0 Å². The molecule has 5 aromatic rings. The molecule has 0 unspecified atom stereocenters. The molecule has 5 rings (SSSR count). The van der Waals surface area contributed by atoms with Gasteiger partial charge in [-0.25, -0.2) is 0 Å². The molecule has 0 saturated heterocycles. The van der Waals surface area contributed by atoms with Gasteiger partial charge in [0.15, 0.2) is 0 Å². The van der Waals surface area contributed by atoms with Crippen molar-refractivity contribution in [3.05, 3.63) is 57.8 Å². The molecule has 0 radical (unpaired) electrons. The maximum absolute atomic E-state index is 2.40. The monoisotopic (exact) mass is 366 g/mol. The summed E-state index contributed by atoms with van der Waals surface area (Å²) < 4.78 is 4.45. The molecule has 0 bridgehead atoms. The van der Waals surface area contributed by atoms with Crippen molar-refractivity contribution in [3.8, 4) is 0 Å². The summed E-state index contributed by atoms with van der Waals surface area (Å²) in [5.41, 5.74) is 0. The Labute approximate surface area is 138 Å². The molecule has 0 aliphatic heterocycles. The Balaban J connectivity index is 1.92. The average molecular weight is 365 g/mol.